The summed E-state index contributed by atoms with van der Waals surface area (Å²) in [5, 5.41) is 0. The second kappa shape index (κ2) is 6.90. The Bertz CT molecular complexity index is 242. The molecule has 1 N–H and O–H groups in total. The molecule has 0 saturated carbocycles. The van der Waals surface area contributed by atoms with Crippen molar-refractivity contribution >= 4 is 53.6 Å². The van der Waals surface area contributed by atoms with E-state index in [1.165, 1.54) is 5.56 Å². The first-order valence-electron chi connectivity index (χ1n) is 3.94. The van der Waals surface area contributed by atoms with Crippen LogP contribution in [0.15, 0.2) is 24.3 Å². The van der Waals surface area contributed by atoms with Crippen molar-refractivity contribution in [2.75, 3.05) is 9.15 Å². The molecule has 1 radical (unpaired) electrons. The molecule has 1 rings (SSSR count). The van der Waals surface area contributed by atoms with Crippen molar-refractivity contribution in [2.45, 2.75) is 6.92 Å². The van der Waals surface area contributed by atoms with Crippen LogP contribution in [0.4, 0.5) is 5.69 Å². The summed E-state index contributed by atoms with van der Waals surface area (Å²) in [6.07, 6.45) is 0. The predicted molar refractivity (Wildman–Crippen MR) is 59.3 cm³/mol. The second-order valence-corrected chi connectivity index (χ2v) is 4.07. The summed E-state index contributed by atoms with van der Waals surface area (Å²) in [5.41, 5.74) is 2.13. The Labute approximate surface area is 104 Å². The zero-order valence-corrected chi connectivity index (χ0v) is 9.15. The molecule has 1 atom stereocenters. The summed E-state index contributed by atoms with van der Waals surface area (Å²) in [7, 11) is 0. The van der Waals surface area contributed by atoms with Crippen molar-refractivity contribution in [1.29, 1.82) is 0 Å². The van der Waals surface area contributed by atoms with Crippen LogP contribution in [0.5, 0.6) is 0 Å². The van der Waals surface area contributed by atoms with E-state index < -0.39 is 11.4 Å². The molecular weight excluding hydrogens is 172 g/mol. The Morgan fingerprint density at radius 1 is 1.38 bits per heavy atom. The first kappa shape index (κ1) is 13.5. The fourth-order valence-corrected chi connectivity index (χ4v) is 1.37. The van der Waals surface area contributed by atoms with Crippen LogP contribution in [0.3, 0.4) is 0 Å². The molecule has 0 bridgehead atoms. The van der Waals surface area contributed by atoms with Gasteiger partial charge in [-0.1, -0.05) is 0 Å². The van der Waals surface area contributed by atoms with Crippen molar-refractivity contribution in [3.05, 3.63) is 29.8 Å². The summed E-state index contributed by atoms with van der Waals surface area (Å²) in [6.45, 7) is 2.03. The molecule has 0 saturated heterocycles. The van der Waals surface area contributed by atoms with E-state index in [0.29, 0.717) is 4.43 Å². The van der Waals surface area contributed by atoms with E-state index in [9.17, 15) is 4.55 Å². The molecule has 5 heteroatoms. The molecule has 0 aliphatic rings. The molecule has 0 amide bonds. The summed E-state index contributed by atoms with van der Waals surface area (Å²) in [4.78, 5) is 0. The number of hydrogen-bond acceptors (Lipinski definition) is 2. The normalized spacial score (nSPS) is 11.7. The van der Waals surface area contributed by atoms with Gasteiger partial charge in [-0.25, -0.2) is 0 Å². The number of nitrogens with one attached hydrogen (secondary N) is 1. The van der Waals surface area contributed by atoms with Gasteiger partial charge < -0.3 is 0 Å². The van der Waals surface area contributed by atoms with E-state index in [4.69, 9.17) is 0 Å². The van der Waals surface area contributed by atoms with Gasteiger partial charge >= 0.3 is 85.2 Å². The minimum absolute atomic E-state index is 0. The van der Waals surface area contributed by atoms with E-state index in [0.717, 1.165) is 5.69 Å². The number of anilines is 1. The number of aryl methyl sites for hydroxylation is 1. The Morgan fingerprint density at radius 3 is 2.38 bits per heavy atom. The van der Waals surface area contributed by atoms with E-state index in [1.54, 1.807) is 0 Å². The zero-order valence-electron chi connectivity index (χ0n) is 8.33. The van der Waals surface area contributed by atoms with E-state index in [-0.39, 0.29) is 18.9 Å². The van der Waals surface area contributed by atoms with Gasteiger partial charge in [0.2, 0.25) is 0 Å². The number of benzene rings is 1. The molecule has 13 heavy (non-hydrogen) atoms. The van der Waals surface area contributed by atoms with Crippen molar-refractivity contribution in [3.63, 3.8) is 0 Å². The molecule has 0 spiro atoms. The van der Waals surface area contributed by atoms with E-state index >= 15 is 0 Å². The van der Waals surface area contributed by atoms with Gasteiger partial charge in [-0.3, -0.25) is 0 Å². The fourth-order valence-electron chi connectivity index (χ4n) is 0.825. The molecule has 0 heterocycles. The summed E-state index contributed by atoms with van der Waals surface area (Å²) in [6, 6.07) is 7.86. The number of hydrogen-bond donors (Lipinski definition) is 1. The van der Waals surface area contributed by atoms with E-state index in [2.05, 4.69) is 4.72 Å². The van der Waals surface area contributed by atoms with Gasteiger partial charge in [0.25, 0.3) is 0 Å². The van der Waals surface area contributed by atoms with E-state index in [1.807, 2.05) is 48.9 Å². The molecule has 2 nitrogen and oxygen atoms in total. The Hall–Kier alpha value is 0.525. The fraction of sp³-hybridized carbons (Fsp3) is 0.250. The maximum atomic E-state index is 11.1. The molecule has 0 aromatic heterocycles. The minimum atomic E-state index is -0.935. The summed E-state index contributed by atoms with van der Waals surface area (Å²) < 4.78 is 14.6. The van der Waals surface area contributed by atoms with Gasteiger partial charge in [-0.2, -0.15) is 0 Å². The van der Waals surface area contributed by atoms with Crippen LogP contribution in [0.1, 0.15) is 5.56 Å². The van der Waals surface area contributed by atoms with Crippen molar-refractivity contribution in [2.24, 2.45) is 0 Å². The van der Waals surface area contributed by atoms with Crippen LogP contribution in [-0.2, 0) is 11.4 Å². The van der Waals surface area contributed by atoms with Gasteiger partial charge in [0.1, 0.15) is 0 Å². The van der Waals surface area contributed by atoms with Gasteiger partial charge in [-0.05, 0) is 0 Å². The molecule has 1 aromatic rings. The zero-order chi connectivity index (χ0) is 8.97. The molecule has 0 aliphatic heterocycles. The second-order valence-electron chi connectivity index (χ2n) is 2.60. The van der Waals surface area contributed by atoms with Gasteiger partial charge in [0.15, 0.2) is 0 Å². The third-order valence-corrected chi connectivity index (χ3v) is 2.53. The van der Waals surface area contributed by atoms with Crippen molar-refractivity contribution in [1.82, 2.24) is 0 Å². The Morgan fingerprint density at radius 2 is 1.92 bits per heavy atom. The quantitative estimate of drug-likeness (QED) is 0.554. The predicted octanol–water partition coefficient (Wildman–Crippen LogP) is 0.816. The Balaban J connectivity index is 0.00000144. The van der Waals surface area contributed by atoms with Crippen molar-refractivity contribution < 1.29 is 4.55 Å². The van der Waals surface area contributed by atoms with Crippen LogP contribution < -0.4 is 4.72 Å². The standard InChI is InChI=1S/C8H10NOS.2Li/c1-7-3-5-8(6-4-7)9-11(2)10;;/h3-6,9H,2H2,1H3;;. The SMILES string of the molecule is [Li].[Li][CH2][S+]([O-])Nc1ccc(C)cc1. The summed E-state index contributed by atoms with van der Waals surface area (Å²) >= 11 is 0.952. The van der Waals surface area contributed by atoms with Crippen LogP contribution in [-0.4, -0.2) is 45.6 Å². The topological polar surface area (TPSA) is 35.1 Å². The first-order valence-corrected chi connectivity index (χ1v) is 5.26. The first-order chi connectivity index (χ1) is 5.72. The van der Waals surface area contributed by atoms with Crippen LogP contribution >= 0.6 is 0 Å². The van der Waals surface area contributed by atoms with Crippen LogP contribution in [0.25, 0.3) is 0 Å². The van der Waals surface area contributed by atoms with Gasteiger partial charge in [-0.15, -0.1) is 0 Å². The molecule has 61 valence electrons. The Kier molecular flexibility index (Phi) is 7.18. The van der Waals surface area contributed by atoms with Gasteiger partial charge in [0.05, 0.1) is 0 Å². The summed E-state index contributed by atoms with van der Waals surface area (Å²) in [5.74, 6) is 0. The van der Waals surface area contributed by atoms with Crippen molar-refractivity contribution in [3.8, 4) is 0 Å². The molecule has 0 aliphatic carbocycles. The average Bonchev–Trinajstić information content (AvgIpc) is 2.09. The molecule has 0 fully saturated rings. The third kappa shape index (κ3) is 5.08. The maximum absolute atomic E-state index is 11.1. The monoisotopic (exact) mass is 182 g/mol. The molecule has 1 unspecified atom stereocenters. The molecular formula is C8H10Li2NOS. The molecule has 1 aromatic carbocycles. The van der Waals surface area contributed by atoms with Gasteiger partial charge in [0, 0.05) is 18.9 Å². The average molecular weight is 182 g/mol. The number of rotatable bonds is 3. The van der Waals surface area contributed by atoms with Crippen LogP contribution in [0, 0.1) is 6.92 Å². The van der Waals surface area contributed by atoms with Crippen LogP contribution in [0.2, 0.25) is 0 Å². The third-order valence-electron chi connectivity index (χ3n) is 1.55.